The molecule has 100 valence electrons. The molecule has 1 aliphatic carbocycles. The van der Waals surface area contributed by atoms with Crippen molar-refractivity contribution in [1.82, 2.24) is 10.2 Å². The van der Waals surface area contributed by atoms with Crippen LogP contribution in [0.1, 0.15) is 52.9 Å². The van der Waals surface area contributed by atoms with Crippen LogP contribution >= 0.6 is 0 Å². The first-order chi connectivity index (χ1) is 8.02. The molecule has 1 N–H and O–H groups in total. The molecule has 0 aromatic heterocycles. The normalized spacial score (nSPS) is 25.0. The fourth-order valence-corrected chi connectivity index (χ4v) is 2.70. The van der Waals surface area contributed by atoms with Gasteiger partial charge >= 0.3 is 0 Å². The minimum atomic E-state index is 0.289. The summed E-state index contributed by atoms with van der Waals surface area (Å²) in [5, 5.41) is 3.30. The van der Waals surface area contributed by atoms with Crippen LogP contribution in [-0.4, -0.2) is 36.5 Å². The lowest BCUT2D eigenvalue weighted by Gasteiger charge is -2.36. The topological polar surface area (TPSA) is 32.3 Å². The van der Waals surface area contributed by atoms with Crippen LogP contribution in [0.2, 0.25) is 0 Å². The molecule has 0 radical (unpaired) electrons. The second kappa shape index (κ2) is 7.00. The van der Waals surface area contributed by atoms with E-state index in [1.165, 1.54) is 25.7 Å². The lowest BCUT2D eigenvalue weighted by molar-refractivity contribution is -0.133. The highest BCUT2D eigenvalue weighted by Crippen LogP contribution is 2.27. The van der Waals surface area contributed by atoms with E-state index in [4.69, 9.17) is 0 Å². The molecule has 17 heavy (non-hydrogen) atoms. The highest BCUT2D eigenvalue weighted by Gasteiger charge is 2.27. The second-order valence-electron chi connectivity index (χ2n) is 5.69. The Kier molecular flexibility index (Phi) is 5.96. The van der Waals surface area contributed by atoms with Gasteiger partial charge in [-0.3, -0.25) is 4.79 Å². The van der Waals surface area contributed by atoms with Gasteiger partial charge in [0.25, 0.3) is 0 Å². The lowest BCUT2D eigenvalue weighted by atomic mass is 9.85. The number of carbonyl (C=O) groups excluding carboxylic acids is 1. The molecule has 0 aromatic rings. The van der Waals surface area contributed by atoms with Crippen LogP contribution in [0.25, 0.3) is 0 Å². The third kappa shape index (κ3) is 4.66. The first-order valence-corrected chi connectivity index (χ1v) is 7.01. The van der Waals surface area contributed by atoms with E-state index in [-0.39, 0.29) is 5.91 Å². The molecule has 0 aliphatic heterocycles. The number of carbonyl (C=O) groups is 1. The van der Waals surface area contributed by atoms with E-state index in [9.17, 15) is 4.79 Å². The van der Waals surface area contributed by atoms with Crippen LogP contribution in [0, 0.1) is 5.92 Å². The Hall–Kier alpha value is -0.570. The van der Waals surface area contributed by atoms with Gasteiger partial charge in [0.15, 0.2) is 0 Å². The smallest absolute Gasteiger partial charge is 0.223 e. The zero-order valence-corrected chi connectivity index (χ0v) is 11.8. The van der Waals surface area contributed by atoms with Crippen LogP contribution in [0.15, 0.2) is 0 Å². The minimum absolute atomic E-state index is 0.289. The molecular weight excluding hydrogens is 212 g/mol. The van der Waals surface area contributed by atoms with Gasteiger partial charge in [0.2, 0.25) is 5.91 Å². The molecule has 3 nitrogen and oxygen atoms in total. The van der Waals surface area contributed by atoms with E-state index < -0.39 is 0 Å². The quantitative estimate of drug-likeness (QED) is 0.800. The zero-order chi connectivity index (χ0) is 12.8. The van der Waals surface area contributed by atoms with Crippen LogP contribution in [-0.2, 0) is 4.79 Å². The summed E-state index contributed by atoms with van der Waals surface area (Å²) in [5.74, 6) is 0.952. The van der Waals surface area contributed by atoms with Crippen molar-refractivity contribution in [1.29, 1.82) is 0 Å². The van der Waals surface area contributed by atoms with Crippen molar-refractivity contribution < 1.29 is 4.79 Å². The maximum atomic E-state index is 12.1. The summed E-state index contributed by atoms with van der Waals surface area (Å²) in [6.07, 6.45) is 5.68. The molecule has 1 rings (SSSR count). The fourth-order valence-electron chi connectivity index (χ4n) is 2.70. The van der Waals surface area contributed by atoms with Gasteiger partial charge < -0.3 is 10.2 Å². The molecule has 1 saturated carbocycles. The molecule has 1 fully saturated rings. The van der Waals surface area contributed by atoms with Gasteiger partial charge in [0, 0.05) is 32.1 Å². The van der Waals surface area contributed by atoms with Crippen LogP contribution < -0.4 is 5.32 Å². The third-order valence-electron chi connectivity index (χ3n) is 3.85. The predicted molar refractivity (Wildman–Crippen MR) is 71.9 cm³/mol. The van der Waals surface area contributed by atoms with E-state index in [1.54, 1.807) is 0 Å². The summed E-state index contributed by atoms with van der Waals surface area (Å²) in [6, 6.07) is 0.928. The molecule has 0 bridgehead atoms. The Labute approximate surface area is 106 Å². The minimum Gasteiger partial charge on any atom is -0.342 e. The van der Waals surface area contributed by atoms with Crippen molar-refractivity contribution in [3.05, 3.63) is 0 Å². The Morgan fingerprint density at radius 2 is 2.00 bits per heavy atom. The van der Waals surface area contributed by atoms with Crippen molar-refractivity contribution >= 4 is 5.91 Å². The summed E-state index contributed by atoms with van der Waals surface area (Å²) in [6.45, 7) is 7.29. The summed E-state index contributed by atoms with van der Waals surface area (Å²) in [5.41, 5.74) is 0. The number of hydrogen-bond donors (Lipinski definition) is 1. The van der Waals surface area contributed by atoms with Crippen molar-refractivity contribution in [3.8, 4) is 0 Å². The van der Waals surface area contributed by atoms with E-state index in [0.717, 1.165) is 6.54 Å². The van der Waals surface area contributed by atoms with Crippen LogP contribution in [0.3, 0.4) is 0 Å². The second-order valence-corrected chi connectivity index (χ2v) is 5.69. The van der Waals surface area contributed by atoms with Crippen molar-refractivity contribution in [3.63, 3.8) is 0 Å². The molecule has 0 spiro atoms. The molecule has 2 atom stereocenters. The maximum Gasteiger partial charge on any atom is 0.223 e. The summed E-state index contributed by atoms with van der Waals surface area (Å²) >= 11 is 0. The predicted octanol–water partition coefficient (Wildman–Crippen LogP) is 2.41. The Bertz CT molecular complexity index is 240. The molecular formula is C14H28N2O. The first-order valence-electron chi connectivity index (χ1n) is 7.01. The molecule has 0 aromatic carbocycles. The number of amides is 1. The van der Waals surface area contributed by atoms with E-state index >= 15 is 0 Å². The zero-order valence-electron chi connectivity index (χ0n) is 11.8. The highest BCUT2D eigenvalue weighted by atomic mass is 16.2. The SMILES string of the molecule is CC(C)NCCC(=O)N(C)C1CCCCC1C. The number of rotatable bonds is 5. The summed E-state index contributed by atoms with van der Waals surface area (Å²) in [7, 11) is 1.98. The first kappa shape index (κ1) is 14.5. The van der Waals surface area contributed by atoms with E-state index in [0.29, 0.717) is 24.4 Å². The third-order valence-corrected chi connectivity index (χ3v) is 3.85. The van der Waals surface area contributed by atoms with E-state index in [1.807, 2.05) is 11.9 Å². The number of nitrogens with zero attached hydrogens (tertiary/aromatic N) is 1. The Morgan fingerprint density at radius 1 is 1.35 bits per heavy atom. The maximum absolute atomic E-state index is 12.1. The Balaban J connectivity index is 2.34. The van der Waals surface area contributed by atoms with Gasteiger partial charge in [-0.1, -0.05) is 33.6 Å². The van der Waals surface area contributed by atoms with Crippen LogP contribution in [0.5, 0.6) is 0 Å². The summed E-state index contributed by atoms with van der Waals surface area (Å²) in [4.78, 5) is 14.0. The van der Waals surface area contributed by atoms with Crippen molar-refractivity contribution in [2.75, 3.05) is 13.6 Å². The average Bonchev–Trinajstić information content (AvgIpc) is 2.28. The standard InChI is InChI=1S/C14H28N2O/c1-11(2)15-10-9-14(17)16(4)13-8-6-5-7-12(13)3/h11-13,15H,5-10H2,1-4H3. The number of nitrogens with one attached hydrogen (secondary N) is 1. The molecule has 2 unspecified atom stereocenters. The number of hydrogen-bond acceptors (Lipinski definition) is 2. The summed E-state index contributed by atoms with van der Waals surface area (Å²) < 4.78 is 0. The van der Waals surface area contributed by atoms with Gasteiger partial charge in [0.1, 0.15) is 0 Å². The average molecular weight is 240 g/mol. The fraction of sp³-hybridized carbons (Fsp3) is 0.929. The van der Waals surface area contributed by atoms with Crippen molar-refractivity contribution in [2.45, 2.75) is 65.0 Å². The van der Waals surface area contributed by atoms with Gasteiger partial charge in [-0.2, -0.15) is 0 Å². The van der Waals surface area contributed by atoms with Gasteiger partial charge in [-0.25, -0.2) is 0 Å². The van der Waals surface area contributed by atoms with E-state index in [2.05, 4.69) is 26.1 Å². The molecule has 0 heterocycles. The molecule has 3 heteroatoms. The van der Waals surface area contributed by atoms with Crippen LogP contribution in [0.4, 0.5) is 0 Å². The Morgan fingerprint density at radius 3 is 2.59 bits per heavy atom. The molecule has 1 aliphatic rings. The van der Waals surface area contributed by atoms with Gasteiger partial charge in [0.05, 0.1) is 0 Å². The monoisotopic (exact) mass is 240 g/mol. The lowest BCUT2D eigenvalue weighted by Crippen LogP contribution is -2.43. The molecule has 0 saturated heterocycles. The highest BCUT2D eigenvalue weighted by molar-refractivity contribution is 5.76. The van der Waals surface area contributed by atoms with Gasteiger partial charge in [-0.05, 0) is 18.8 Å². The largest absolute Gasteiger partial charge is 0.342 e. The van der Waals surface area contributed by atoms with Gasteiger partial charge in [-0.15, -0.1) is 0 Å². The van der Waals surface area contributed by atoms with Crippen molar-refractivity contribution in [2.24, 2.45) is 5.92 Å². The molecule has 1 amide bonds.